The second kappa shape index (κ2) is 12.6. The smallest absolute Gasteiger partial charge is 0.370 e. The zero-order valence-corrected chi connectivity index (χ0v) is 17.1. The van der Waals surface area contributed by atoms with Crippen LogP contribution in [-0.2, 0) is 19.4 Å². The Kier molecular flexibility index (Phi) is 11.2. The van der Waals surface area contributed by atoms with E-state index in [4.69, 9.17) is 13.3 Å². The maximum absolute atomic E-state index is 6.30. The van der Waals surface area contributed by atoms with Gasteiger partial charge in [-0.3, -0.25) is 0 Å². The van der Waals surface area contributed by atoms with Crippen LogP contribution in [0.1, 0.15) is 65.0 Å². The number of unbranched alkanes of at least 4 members (excludes halogenated alkanes) is 3. The maximum atomic E-state index is 6.30. The van der Waals surface area contributed by atoms with Crippen molar-refractivity contribution in [1.29, 1.82) is 0 Å². The summed E-state index contributed by atoms with van der Waals surface area (Å²) in [5.74, 6) is 0. The van der Waals surface area contributed by atoms with E-state index in [9.17, 15) is 0 Å². The van der Waals surface area contributed by atoms with E-state index in [0.29, 0.717) is 26.0 Å². The lowest BCUT2D eigenvalue weighted by Gasteiger charge is -2.27. The molecule has 0 aliphatic rings. The van der Waals surface area contributed by atoms with Crippen molar-refractivity contribution in [1.82, 2.24) is 0 Å². The van der Waals surface area contributed by atoms with Crippen molar-refractivity contribution in [3.8, 4) is 0 Å². The second-order valence-corrected chi connectivity index (χ2v) is 8.81. The molecule has 1 aromatic heterocycles. The van der Waals surface area contributed by atoms with Gasteiger partial charge in [0.2, 0.25) is 6.17 Å². The van der Waals surface area contributed by atoms with Gasteiger partial charge in [-0.2, -0.15) is 4.57 Å². The maximum Gasteiger partial charge on any atom is 0.570 e. The molecule has 0 radical (unpaired) electrons. The molecule has 0 atom stereocenters. The lowest BCUT2D eigenvalue weighted by molar-refractivity contribution is -0.691. The Morgan fingerprint density at radius 1 is 0.833 bits per heavy atom. The zero-order chi connectivity index (χ0) is 17.7. The molecule has 0 aromatic carbocycles. The van der Waals surface area contributed by atoms with Crippen molar-refractivity contribution in [3.63, 3.8) is 0 Å². The molecule has 0 saturated heterocycles. The van der Waals surface area contributed by atoms with E-state index in [-0.39, 0.29) is 0 Å². The van der Waals surface area contributed by atoms with E-state index in [0.717, 1.165) is 38.5 Å². The molecule has 24 heavy (non-hydrogen) atoms. The molecule has 0 amide bonds. The molecule has 1 aromatic rings. The number of nitrogens with zero attached hydrogens (tertiary/aromatic N) is 1. The first kappa shape index (κ1) is 21.3. The van der Waals surface area contributed by atoms with E-state index in [2.05, 4.69) is 56.7 Å². The number of hydrogen-bond donors (Lipinski definition) is 0. The van der Waals surface area contributed by atoms with Crippen LogP contribution in [0, 0.1) is 6.92 Å². The first-order valence-corrected chi connectivity index (χ1v) is 11.5. The van der Waals surface area contributed by atoms with E-state index < -0.39 is 8.80 Å². The highest BCUT2D eigenvalue weighted by Crippen LogP contribution is 2.14. The third-order valence-electron chi connectivity index (χ3n) is 3.99. The van der Waals surface area contributed by atoms with Crippen molar-refractivity contribution in [2.45, 2.75) is 72.4 Å². The van der Waals surface area contributed by atoms with Crippen LogP contribution in [0.25, 0.3) is 0 Å². The minimum atomic E-state index is -2.72. The normalized spacial score (nSPS) is 11.8. The summed E-state index contributed by atoms with van der Waals surface area (Å²) in [5.41, 5.74) is 1.20. The summed E-state index contributed by atoms with van der Waals surface area (Å²) in [5, 5.41) is 0. The molecular formula is C19H36NO3Si+. The van der Waals surface area contributed by atoms with E-state index in [1.807, 2.05) is 0 Å². The number of hydrogen-bond acceptors (Lipinski definition) is 3. The van der Waals surface area contributed by atoms with E-state index in [1.54, 1.807) is 0 Å². The Hall–Kier alpha value is -0.753. The molecular weight excluding hydrogens is 318 g/mol. The molecule has 1 heterocycles. The SMILES string of the molecule is CCCCO[Si](C[n+]1ccccc1C)(OCCCC)OCCCC. The minimum Gasteiger partial charge on any atom is -0.370 e. The largest absolute Gasteiger partial charge is 0.570 e. The van der Waals surface area contributed by atoms with Crippen LogP contribution >= 0.6 is 0 Å². The average molecular weight is 355 g/mol. The lowest BCUT2D eigenvalue weighted by Crippen LogP contribution is -2.59. The standard InChI is InChI=1S/C19H36NO3Si/c1-5-8-15-21-24(22-16-9-6-2,23-17-10-7-3)18-20-14-12-11-13-19(20)4/h11-14H,5-10,15-18H2,1-4H3/q+1. The summed E-state index contributed by atoms with van der Waals surface area (Å²) < 4.78 is 21.1. The van der Waals surface area contributed by atoms with Crippen molar-refractivity contribution in [2.24, 2.45) is 0 Å². The van der Waals surface area contributed by atoms with E-state index in [1.165, 1.54) is 5.69 Å². The van der Waals surface area contributed by atoms with Crippen molar-refractivity contribution >= 4 is 8.80 Å². The van der Waals surface area contributed by atoms with Gasteiger partial charge >= 0.3 is 8.80 Å². The number of aromatic nitrogens is 1. The fourth-order valence-electron chi connectivity index (χ4n) is 2.33. The van der Waals surface area contributed by atoms with Gasteiger partial charge in [0.05, 0.1) is 0 Å². The average Bonchev–Trinajstić information content (AvgIpc) is 2.58. The number of pyridine rings is 1. The van der Waals surface area contributed by atoms with Gasteiger partial charge in [-0.15, -0.1) is 0 Å². The van der Waals surface area contributed by atoms with Gasteiger partial charge in [0.15, 0.2) is 11.9 Å². The van der Waals surface area contributed by atoms with Crippen LogP contribution in [0.5, 0.6) is 0 Å². The second-order valence-electron chi connectivity index (χ2n) is 6.26. The van der Waals surface area contributed by atoms with Crippen molar-refractivity contribution in [3.05, 3.63) is 30.1 Å². The van der Waals surface area contributed by atoms with Crippen LogP contribution in [-0.4, -0.2) is 28.6 Å². The van der Waals surface area contributed by atoms with Gasteiger partial charge < -0.3 is 13.3 Å². The molecule has 0 bridgehead atoms. The number of rotatable bonds is 14. The Balaban J connectivity index is 2.90. The Labute approximate surface area is 149 Å². The van der Waals surface area contributed by atoms with Gasteiger partial charge in [0.1, 0.15) is 0 Å². The summed E-state index contributed by atoms with van der Waals surface area (Å²) in [6.45, 7) is 10.8. The molecule has 4 nitrogen and oxygen atoms in total. The Bertz CT molecular complexity index is 416. The van der Waals surface area contributed by atoms with Crippen LogP contribution in [0.2, 0.25) is 0 Å². The van der Waals surface area contributed by atoms with Crippen molar-refractivity contribution < 1.29 is 17.8 Å². The van der Waals surface area contributed by atoms with Gasteiger partial charge in [-0.05, 0) is 19.3 Å². The zero-order valence-electron chi connectivity index (χ0n) is 16.1. The molecule has 0 unspecified atom stereocenters. The third-order valence-corrected chi connectivity index (χ3v) is 6.65. The van der Waals surface area contributed by atoms with Gasteiger partial charge in [-0.1, -0.05) is 46.1 Å². The van der Waals surface area contributed by atoms with Gasteiger partial charge in [0.25, 0.3) is 0 Å². The first-order chi connectivity index (χ1) is 11.7. The third kappa shape index (κ3) is 7.88. The lowest BCUT2D eigenvalue weighted by atomic mass is 10.4. The topological polar surface area (TPSA) is 31.6 Å². The fraction of sp³-hybridized carbons (Fsp3) is 0.737. The fourth-order valence-corrected chi connectivity index (χ4v) is 4.99. The molecule has 5 heteroatoms. The first-order valence-electron chi connectivity index (χ1n) is 9.54. The molecule has 0 fully saturated rings. The van der Waals surface area contributed by atoms with Gasteiger partial charge in [-0.25, -0.2) is 0 Å². The quantitative estimate of drug-likeness (QED) is 0.285. The van der Waals surface area contributed by atoms with Crippen LogP contribution in [0.4, 0.5) is 0 Å². The summed E-state index contributed by atoms with van der Waals surface area (Å²) >= 11 is 0. The summed E-state index contributed by atoms with van der Waals surface area (Å²) in [6.07, 6.45) is 9.26. The predicted octanol–water partition coefficient (Wildman–Crippen LogP) is 4.21. The molecule has 0 saturated carbocycles. The molecule has 0 aliphatic heterocycles. The van der Waals surface area contributed by atoms with Gasteiger partial charge in [0, 0.05) is 38.9 Å². The highest BCUT2D eigenvalue weighted by Gasteiger charge is 2.46. The highest BCUT2D eigenvalue weighted by molar-refractivity contribution is 6.58. The van der Waals surface area contributed by atoms with Crippen LogP contribution in [0.15, 0.2) is 24.4 Å². The molecule has 0 spiro atoms. The molecule has 0 N–H and O–H groups in total. The highest BCUT2D eigenvalue weighted by atomic mass is 28.4. The Morgan fingerprint density at radius 3 is 1.75 bits per heavy atom. The predicted molar refractivity (Wildman–Crippen MR) is 99.7 cm³/mol. The van der Waals surface area contributed by atoms with Crippen LogP contribution in [0.3, 0.4) is 0 Å². The minimum absolute atomic E-state index is 0.691. The molecule has 138 valence electrons. The number of aryl methyl sites for hydroxylation is 1. The van der Waals surface area contributed by atoms with Crippen LogP contribution < -0.4 is 4.57 Å². The summed E-state index contributed by atoms with van der Waals surface area (Å²) in [4.78, 5) is 0. The monoisotopic (exact) mass is 354 g/mol. The van der Waals surface area contributed by atoms with E-state index >= 15 is 0 Å². The van der Waals surface area contributed by atoms with Crippen molar-refractivity contribution in [2.75, 3.05) is 19.8 Å². The molecule has 1 rings (SSSR count). The molecule has 0 aliphatic carbocycles. The Morgan fingerprint density at radius 2 is 1.33 bits per heavy atom. The summed E-state index contributed by atoms with van der Waals surface area (Å²) in [6, 6.07) is 6.22. The summed E-state index contributed by atoms with van der Waals surface area (Å²) in [7, 11) is -2.72.